The maximum absolute atomic E-state index is 12.4. The van der Waals surface area contributed by atoms with Gasteiger partial charge in [0.15, 0.2) is 0 Å². The van der Waals surface area contributed by atoms with Gasteiger partial charge >= 0.3 is 17.9 Å². The number of halogens is 1. The van der Waals surface area contributed by atoms with Crippen molar-refractivity contribution in [2.75, 3.05) is 41.9 Å². The van der Waals surface area contributed by atoms with E-state index in [0.717, 1.165) is 11.3 Å². The number of amides is 2. The number of alkyl halides is 1. The minimum atomic E-state index is -1.25. The molecule has 0 bridgehead atoms. The fraction of sp³-hybridized carbons (Fsp3) is 0.522. The van der Waals surface area contributed by atoms with Crippen LogP contribution in [0.25, 0.3) is 0 Å². The van der Waals surface area contributed by atoms with E-state index in [-0.39, 0.29) is 25.0 Å². The Morgan fingerprint density at radius 1 is 0.974 bits per heavy atom. The molecule has 9 N–H and O–H groups in total. The van der Waals surface area contributed by atoms with Crippen LogP contribution >= 0.6 is 23.4 Å². The summed E-state index contributed by atoms with van der Waals surface area (Å²) < 4.78 is 0. The number of anilines is 1. The van der Waals surface area contributed by atoms with E-state index in [1.807, 2.05) is 17.0 Å². The Hall–Kier alpha value is -3.07. The van der Waals surface area contributed by atoms with Crippen LogP contribution in [0.3, 0.4) is 0 Å². The van der Waals surface area contributed by atoms with Crippen LogP contribution in [0.2, 0.25) is 0 Å². The van der Waals surface area contributed by atoms with Crippen molar-refractivity contribution in [1.82, 2.24) is 10.6 Å². The Kier molecular flexibility index (Phi) is 15.1. The number of carbonyl (C=O) groups is 5. The molecular weight excluding hydrogens is 542 g/mol. The first-order valence-corrected chi connectivity index (χ1v) is 13.4. The van der Waals surface area contributed by atoms with Gasteiger partial charge in [-0.25, -0.2) is 0 Å². The summed E-state index contributed by atoms with van der Waals surface area (Å²) in [5.41, 5.74) is 12.6. The predicted molar refractivity (Wildman–Crippen MR) is 143 cm³/mol. The molecule has 0 aliphatic heterocycles. The number of hydrogen-bond donors (Lipinski definition) is 7. The number of rotatable bonds is 19. The number of carboxylic acids is 3. The van der Waals surface area contributed by atoms with Crippen molar-refractivity contribution in [2.45, 2.75) is 37.4 Å². The lowest BCUT2D eigenvalue weighted by atomic mass is 10.1. The summed E-state index contributed by atoms with van der Waals surface area (Å²) in [6, 6.07) is 4.02. The molecule has 212 valence electrons. The number of carbonyl (C=O) groups excluding carboxylic acids is 2. The Morgan fingerprint density at radius 2 is 1.61 bits per heavy atom. The van der Waals surface area contributed by atoms with Crippen LogP contribution in [0, 0.1) is 0 Å². The molecule has 2 amide bonds. The number of thioether (sulfide) groups is 1. The van der Waals surface area contributed by atoms with Gasteiger partial charge in [-0.1, -0.05) is 12.1 Å². The second kappa shape index (κ2) is 17.4. The summed E-state index contributed by atoms with van der Waals surface area (Å²) in [5.74, 6) is -3.79. The first kappa shape index (κ1) is 33.0. The molecule has 0 heterocycles. The van der Waals surface area contributed by atoms with E-state index in [0.29, 0.717) is 24.7 Å². The molecule has 0 fully saturated rings. The first-order chi connectivity index (χ1) is 17.9. The molecule has 38 heavy (non-hydrogen) atoms. The van der Waals surface area contributed by atoms with Gasteiger partial charge in [-0.2, -0.15) is 11.8 Å². The summed E-state index contributed by atoms with van der Waals surface area (Å²) in [4.78, 5) is 59.3. The first-order valence-electron chi connectivity index (χ1n) is 11.7. The van der Waals surface area contributed by atoms with Crippen LogP contribution in [0.5, 0.6) is 0 Å². The van der Waals surface area contributed by atoms with Gasteiger partial charge in [0.25, 0.3) is 0 Å². The number of carboxylic acid groups (broad SMARTS) is 3. The van der Waals surface area contributed by atoms with Crippen molar-refractivity contribution in [3.63, 3.8) is 0 Å². The highest BCUT2D eigenvalue weighted by atomic mass is 35.5. The molecule has 0 spiro atoms. The van der Waals surface area contributed by atoms with Crippen molar-refractivity contribution in [2.24, 2.45) is 11.5 Å². The van der Waals surface area contributed by atoms with Crippen LogP contribution in [-0.2, 0) is 30.4 Å². The minimum Gasteiger partial charge on any atom is -0.480 e. The second-order valence-corrected chi connectivity index (χ2v) is 9.81. The van der Waals surface area contributed by atoms with Gasteiger partial charge < -0.3 is 42.3 Å². The van der Waals surface area contributed by atoms with E-state index in [4.69, 9.17) is 38.4 Å². The Labute approximate surface area is 229 Å². The molecule has 0 saturated carbocycles. The van der Waals surface area contributed by atoms with Gasteiger partial charge in [-0.3, -0.25) is 24.0 Å². The number of benzene rings is 1. The zero-order valence-electron chi connectivity index (χ0n) is 20.7. The molecule has 1 aromatic carbocycles. The van der Waals surface area contributed by atoms with E-state index in [9.17, 15) is 24.0 Å². The largest absolute Gasteiger partial charge is 0.480 e. The zero-order valence-corrected chi connectivity index (χ0v) is 22.2. The van der Waals surface area contributed by atoms with Crippen molar-refractivity contribution >= 4 is 58.8 Å². The third-order valence-electron chi connectivity index (χ3n) is 5.28. The lowest BCUT2D eigenvalue weighted by molar-refractivity contribution is -0.139. The minimum absolute atomic E-state index is 0.119. The van der Waals surface area contributed by atoms with Gasteiger partial charge in [0.2, 0.25) is 11.8 Å². The fourth-order valence-electron chi connectivity index (χ4n) is 3.18. The maximum Gasteiger partial charge on any atom is 0.322 e. The van der Waals surface area contributed by atoms with E-state index in [1.165, 1.54) is 11.8 Å². The molecule has 0 aliphatic carbocycles. The molecule has 0 unspecified atom stereocenters. The normalized spacial score (nSPS) is 13.1. The quantitative estimate of drug-likeness (QED) is 0.0802. The third kappa shape index (κ3) is 12.9. The predicted octanol–water partition coefficient (Wildman–Crippen LogP) is -0.703. The molecule has 13 nitrogen and oxygen atoms in total. The van der Waals surface area contributed by atoms with Crippen molar-refractivity contribution in [1.29, 1.82) is 0 Å². The standard InChI is InChI=1S/C23H34ClN5O8S/c24-7-8-29(15-3-1-14(2-4-15)11-17(26)23(36)37)9-10-38-13-18(21(33)27-12-20(31)32)28-19(30)6-5-16(25)22(34)35/h1-4,16-18H,5-13,25-26H2,(H,27,33)(H,28,30)(H,31,32)(H,34,35)(H,36,37)/t16-,17-,18-/m0/s1. The van der Waals surface area contributed by atoms with Gasteiger partial charge in [0.1, 0.15) is 24.7 Å². The van der Waals surface area contributed by atoms with Crippen LogP contribution < -0.4 is 27.0 Å². The van der Waals surface area contributed by atoms with Crippen LogP contribution in [0.4, 0.5) is 5.69 Å². The molecule has 1 aromatic rings. The van der Waals surface area contributed by atoms with E-state index in [1.54, 1.807) is 12.1 Å². The zero-order chi connectivity index (χ0) is 28.7. The number of aliphatic carboxylic acids is 3. The van der Waals surface area contributed by atoms with Crippen molar-refractivity contribution in [3.8, 4) is 0 Å². The summed E-state index contributed by atoms with van der Waals surface area (Å²) >= 11 is 7.30. The van der Waals surface area contributed by atoms with Crippen LogP contribution in [0.1, 0.15) is 18.4 Å². The highest BCUT2D eigenvalue weighted by Gasteiger charge is 2.22. The molecule has 0 aliphatic rings. The fourth-order valence-corrected chi connectivity index (χ4v) is 4.37. The average molecular weight is 576 g/mol. The lowest BCUT2D eigenvalue weighted by Gasteiger charge is -2.25. The summed E-state index contributed by atoms with van der Waals surface area (Å²) in [5, 5.41) is 31.4. The van der Waals surface area contributed by atoms with Gasteiger partial charge in [0.05, 0.1) is 0 Å². The summed E-state index contributed by atoms with van der Waals surface area (Å²) in [6.45, 7) is 0.450. The van der Waals surface area contributed by atoms with Crippen LogP contribution in [-0.4, -0.2) is 100 Å². The maximum atomic E-state index is 12.4. The van der Waals surface area contributed by atoms with Crippen molar-refractivity contribution < 1.29 is 39.3 Å². The smallest absolute Gasteiger partial charge is 0.322 e. The molecule has 15 heteroatoms. The number of nitrogens with one attached hydrogen (secondary N) is 2. The third-order valence-corrected chi connectivity index (χ3v) is 6.49. The monoisotopic (exact) mass is 575 g/mol. The van der Waals surface area contributed by atoms with E-state index in [2.05, 4.69) is 10.6 Å². The van der Waals surface area contributed by atoms with E-state index >= 15 is 0 Å². The molecule has 0 radical (unpaired) electrons. The van der Waals surface area contributed by atoms with Crippen LogP contribution in [0.15, 0.2) is 24.3 Å². The van der Waals surface area contributed by atoms with E-state index < -0.39 is 54.4 Å². The van der Waals surface area contributed by atoms with Gasteiger partial charge in [-0.05, 0) is 30.5 Å². The molecule has 0 aromatic heterocycles. The highest BCUT2D eigenvalue weighted by Crippen LogP contribution is 2.17. The highest BCUT2D eigenvalue weighted by molar-refractivity contribution is 7.99. The lowest BCUT2D eigenvalue weighted by Crippen LogP contribution is -2.49. The number of nitrogens with two attached hydrogens (primary N) is 2. The van der Waals surface area contributed by atoms with Gasteiger partial charge in [-0.15, -0.1) is 11.6 Å². The number of hydrogen-bond acceptors (Lipinski definition) is 9. The average Bonchev–Trinajstić information content (AvgIpc) is 2.87. The second-order valence-electron chi connectivity index (χ2n) is 8.28. The SMILES string of the molecule is N[C@@H](CCC(=O)N[C@@H](CSCCN(CCCl)c1ccc(C[C@H](N)C(=O)O)cc1)C(=O)NCC(=O)O)C(=O)O. The molecular formula is C23H34ClN5O8S. The molecule has 3 atom stereocenters. The Morgan fingerprint density at radius 3 is 2.16 bits per heavy atom. The Bertz CT molecular complexity index is 952. The van der Waals surface area contributed by atoms with Gasteiger partial charge in [0, 0.05) is 42.6 Å². The number of nitrogens with zero attached hydrogens (tertiary/aromatic N) is 1. The summed E-state index contributed by atoms with van der Waals surface area (Å²) in [7, 11) is 0. The Balaban J connectivity index is 2.71. The van der Waals surface area contributed by atoms with Crippen molar-refractivity contribution in [3.05, 3.63) is 29.8 Å². The summed E-state index contributed by atoms with van der Waals surface area (Å²) in [6.07, 6.45) is -0.135. The molecule has 1 rings (SSSR count). The molecule has 0 saturated heterocycles. The topological polar surface area (TPSA) is 225 Å².